The highest BCUT2D eigenvalue weighted by Gasteiger charge is 2.31. The van der Waals surface area contributed by atoms with Crippen molar-refractivity contribution in [3.8, 4) is 23.0 Å². The Hall–Kier alpha value is -3.48. The maximum Gasteiger partial charge on any atom is 0.343 e. The van der Waals surface area contributed by atoms with E-state index >= 15 is 0 Å². The summed E-state index contributed by atoms with van der Waals surface area (Å²) in [5, 5.41) is 0.877. The predicted octanol–water partition coefficient (Wildman–Crippen LogP) is 6.15. The van der Waals surface area contributed by atoms with Crippen LogP contribution >= 0.6 is 23.2 Å². The summed E-state index contributed by atoms with van der Waals surface area (Å²) >= 11 is 12.1. The first-order valence-electron chi connectivity index (χ1n) is 9.79. The first-order chi connectivity index (χ1) is 15.8. The van der Waals surface area contributed by atoms with Crippen molar-refractivity contribution in [3.63, 3.8) is 0 Å². The number of carbonyl (C=O) groups is 2. The topological polar surface area (TPSA) is 71.1 Å². The molecule has 1 heterocycles. The molecule has 0 N–H and O–H groups in total. The Morgan fingerprint density at radius 3 is 2.30 bits per heavy atom. The van der Waals surface area contributed by atoms with Crippen LogP contribution in [0.1, 0.15) is 31.8 Å². The first kappa shape index (κ1) is 22.7. The van der Waals surface area contributed by atoms with Crippen molar-refractivity contribution in [2.75, 3.05) is 14.2 Å². The highest BCUT2D eigenvalue weighted by molar-refractivity contribution is 6.35. The normalized spacial score (nSPS) is 13.5. The van der Waals surface area contributed by atoms with Crippen LogP contribution in [0.3, 0.4) is 0 Å². The molecule has 0 aromatic heterocycles. The fourth-order valence-corrected chi connectivity index (χ4v) is 3.79. The molecule has 3 aromatic rings. The first-order valence-corrected chi connectivity index (χ1v) is 10.5. The number of carbonyl (C=O) groups excluding carboxylic acids is 2. The Labute approximate surface area is 200 Å². The van der Waals surface area contributed by atoms with E-state index in [4.69, 9.17) is 42.1 Å². The molecule has 0 amide bonds. The van der Waals surface area contributed by atoms with Crippen LogP contribution < -0.4 is 18.9 Å². The minimum absolute atomic E-state index is 0.110. The molecule has 4 rings (SSSR count). The van der Waals surface area contributed by atoms with Crippen molar-refractivity contribution >= 4 is 41.0 Å². The van der Waals surface area contributed by atoms with Crippen LogP contribution in [-0.2, 0) is 0 Å². The van der Waals surface area contributed by atoms with Gasteiger partial charge in [-0.2, -0.15) is 0 Å². The van der Waals surface area contributed by atoms with Crippen LogP contribution in [0.25, 0.3) is 6.08 Å². The molecular weight excluding hydrogens is 467 g/mol. The summed E-state index contributed by atoms with van der Waals surface area (Å²) in [7, 11) is 2.98. The minimum atomic E-state index is -0.608. The maximum atomic E-state index is 12.8. The van der Waals surface area contributed by atoms with E-state index in [1.807, 2.05) is 0 Å². The van der Waals surface area contributed by atoms with Crippen LogP contribution in [0.4, 0.5) is 0 Å². The second-order valence-corrected chi connectivity index (χ2v) is 8.01. The molecule has 1 aliphatic heterocycles. The van der Waals surface area contributed by atoms with E-state index in [0.29, 0.717) is 44.0 Å². The van der Waals surface area contributed by atoms with Gasteiger partial charge in [0.25, 0.3) is 0 Å². The van der Waals surface area contributed by atoms with Gasteiger partial charge in [-0.1, -0.05) is 29.3 Å². The summed E-state index contributed by atoms with van der Waals surface area (Å²) in [4.78, 5) is 25.6. The molecule has 0 fully saturated rings. The van der Waals surface area contributed by atoms with Gasteiger partial charge in [-0.15, -0.1) is 0 Å². The molecule has 0 saturated carbocycles. The fourth-order valence-electron chi connectivity index (χ4n) is 3.32. The van der Waals surface area contributed by atoms with Gasteiger partial charge in [-0.25, -0.2) is 4.79 Å². The van der Waals surface area contributed by atoms with Crippen molar-refractivity contribution < 1.29 is 28.5 Å². The quantitative estimate of drug-likeness (QED) is 0.245. The lowest BCUT2D eigenvalue weighted by Crippen LogP contribution is -2.10. The van der Waals surface area contributed by atoms with Gasteiger partial charge in [0.2, 0.25) is 5.78 Å². The van der Waals surface area contributed by atoms with Gasteiger partial charge in [-0.3, -0.25) is 4.79 Å². The zero-order chi connectivity index (χ0) is 23.7. The molecule has 0 aliphatic carbocycles. The van der Waals surface area contributed by atoms with E-state index in [2.05, 4.69) is 0 Å². The van der Waals surface area contributed by atoms with Gasteiger partial charge in [0, 0.05) is 21.7 Å². The number of Topliss-reactive ketones (excluding diaryl/α,β-unsaturated/α-hetero) is 1. The molecule has 1 aliphatic rings. The smallest absolute Gasteiger partial charge is 0.343 e. The van der Waals surface area contributed by atoms with E-state index in [9.17, 15) is 9.59 Å². The monoisotopic (exact) mass is 484 g/mol. The number of methoxy groups -OCH3 is 2. The molecule has 0 spiro atoms. The number of hydrogen-bond donors (Lipinski definition) is 0. The Morgan fingerprint density at radius 2 is 1.67 bits per heavy atom. The number of hydrogen-bond acceptors (Lipinski definition) is 6. The molecule has 6 nitrogen and oxygen atoms in total. The number of benzene rings is 3. The zero-order valence-corrected chi connectivity index (χ0v) is 19.4. The number of esters is 1. The fraction of sp³-hybridized carbons (Fsp3) is 0.120. The highest BCUT2D eigenvalue weighted by atomic mass is 35.5. The van der Waals surface area contributed by atoms with E-state index in [1.165, 1.54) is 14.2 Å². The van der Waals surface area contributed by atoms with E-state index < -0.39 is 5.97 Å². The van der Waals surface area contributed by atoms with Crippen LogP contribution in [0.5, 0.6) is 23.0 Å². The summed E-state index contributed by atoms with van der Waals surface area (Å²) in [6, 6.07) is 12.8. The third kappa shape index (κ3) is 4.53. The van der Waals surface area contributed by atoms with Gasteiger partial charge < -0.3 is 18.9 Å². The number of halogens is 2. The minimum Gasteiger partial charge on any atom is -0.497 e. The molecule has 33 heavy (non-hydrogen) atoms. The Kier molecular flexibility index (Phi) is 6.31. The highest BCUT2D eigenvalue weighted by Crippen LogP contribution is 2.40. The van der Waals surface area contributed by atoms with Gasteiger partial charge in [0.05, 0.1) is 25.3 Å². The lowest BCUT2D eigenvalue weighted by atomic mass is 10.1. The molecule has 0 atom stereocenters. The number of fused-ring (bicyclic) bond motifs is 1. The molecule has 0 saturated heterocycles. The van der Waals surface area contributed by atoms with Gasteiger partial charge in [0.15, 0.2) is 5.76 Å². The number of allylic oxidation sites excluding steroid dienone is 1. The molecule has 3 aromatic carbocycles. The average molecular weight is 485 g/mol. The Balaban J connectivity index is 1.62. The van der Waals surface area contributed by atoms with Crippen molar-refractivity contribution in [2.24, 2.45) is 0 Å². The van der Waals surface area contributed by atoms with Gasteiger partial charge >= 0.3 is 5.97 Å². The third-order valence-electron chi connectivity index (χ3n) is 5.08. The average Bonchev–Trinajstić information content (AvgIpc) is 3.13. The lowest BCUT2D eigenvalue weighted by Gasteiger charge is -2.11. The summed E-state index contributed by atoms with van der Waals surface area (Å²) < 4.78 is 21.8. The Bertz CT molecular complexity index is 1290. The molecule has 0 bridgehead atoms. The van der Waals surface area contributed by atoms with E-state index in [0.717, 1.165) is 0 Å². The second kappa shape index (κ2) is 9.17. The van der Waals surface area contributed by atoms with Crippen LogP contribution in [0.15, 0.2) is 54.3 Å². The summed E-state index contributed by atoms with van der Waals surface area (Å²) in [6.07, 6.45) is 1.55. The lowest BCUT2D eigenvalue weighted by molar-refractivity contribution is 0.0732. The van der Waals surface area contributed by atoms with Crippen LogP contribution in [-0.4, -0.2) is 26.0 Å². The number of rotatable bonds is 5. The van der Waals surface area contributed by atoms with E-state index in [-0.39, 0.29) is 22.9 Å². The zero-order valence-electron chi connectivity index (χ0n) is 17.9. The third-order valence-corrected chi connectivity index (χ3v) is 5.64. The largest absolute Gasteiger partial charge is 0.497 e. The van der Waals surface area contributed by atoms with Crippen LogP contribution in [0.2, 0.25) is 10.0 Å². The molecule has 8 heteroatoms. The van der Waals surface area contributed by atoms with E-state index in [1.54, 1.807) is 61.5 Å². The van der Waals surface area contributed by atoms with Gasteiger partial charge in [0.1, 0.15) is 23.0 Å². The van der Waals surface area contributed by atoms with Crippen LogP contribution in [0, 0.1) is 6.92 Å². The molecular formula is C25H18Cl2O6. The van der Waals surface area contributed by atoms with Crippen molar-refractivity contribution in [3.05, 3.63) is 86.6 Å². The van der Waals surface area contributed by atoms with Gasteiger partial charge in [-0.05, 0) is 55.0 Å². The number of ether oxygens (including phenoxy) is 4. The SMILES string of the molecule is COc1cc(OC)cc(C(=O)Oc2ccc3c(c2C)O/C(=C\c2ccc(Cl)cc2Cl)C3=O)c1. The standard InChI is InChI=1S/C25H18Cl2O6/c1-13-21(33-25(29)15-8-17(30-2)12-18(9-15)31-3)7-6-19-23(28)22(32-24(13)19)10-14-4-5-16(26)11-20(14)27/h4-12H,1-3H3/b22-10-. The van der Waals surface area contributed by atoms with Crippen molar-refractivity contribution in [1.82, 2.24) is 0 Å². The second-order valence-electron chi connectivity index (χ2n) is 7.16. The summed E-state index contributed by atoms with van der Waals surface area (Å²) in [5.41, 5.74) is 1.72. The predicted molar refractivity (Wildman–Crippen MR) is 125 cm³/mol. The summed E-state index contributed by atoms with van der Waals surface area (Å²) in [6.45, 7) is 1.71. The molecule has 0 radical (unpaired) electrons. The number of ketones is 1. The van der Waals surface area contributed by atoms with Crippen molar-refractivity contribution in [2.45, 2.75) is 6.92 Å². The maximum absolute atomic E-state index is 12.8. The molecule has 0 unspecified atom stereocenters. The van der Waals surface area contributed by atoms with Crippen molar-refractivity contribution in [1.29, 1.82) is 0 Å². The Morgan fingerprint density at radius 1 is 0.970 bits per heavy atom. The summed E-state index contributed by atoms with van der Waals surface area (Å²) in [5.74, 6) is 0.702. The molecule has 168 valence electrons.